The number of halogens is 1. The molecule has 3 N–H and O–H groups in total. The number of benzene rings is 2. The van der Waals surface area contributed by atoms with Gasteiger partial charge in [-0.15, -0.1) is 10.2 Å². The Labute approximate surface area is 242 Å². The average Bonchev–Trinajstić information content (AvgIpc) is 3.61. The third-order valence-corrected chi connectivity index (χ3v) is 8.98. The van der Waals surface area contributed by atoms with Gasteiger partial charge in [0.15, 0.2) is 21.6 Å². The van der Waals surface area contributed by atoms with Crippen LogP contribution in [0.4, 0.5) is 10.8 Å². The molecule has 0 fully saturated rings. The summed E-state index contributed by atoms with van der Waals surface area (Å²) in [6.45, 7) is 0.156. The maximum atomic E-state index is 13.2. The van der Waals surface area contributed by atoms with Gasteiger partial charge < -0.3 is 20.5 Å². The SMILES string of the molecule is N#CC1=C(N)N(c2nnc(SCC(=O)Nc3ccc4c(c3)OCO4)s2)C2=C(C(=O)CCC2)C1c1ccc(Cl)cc1. The molecule has 1 atom stereocenters. The molecule has 0 saturated heterocycles. The topological polar surface area (TPSA) is 143 Å². The van der Waals surface area contributed by atoms with Crippen LogP contribution in [-0.2, 0) is 9.59 Å². The molecule has 202 valence electrons. The largest absolute Gasteiger partial charge is 0.454 e. The number of ketones is 1. The fourth-order valence-electron chi connectivity index (χ4n) is 4.94. The number of carbonyl (C=O) groups excluding carboxylic acids is 2. The Morgan fingerprint density at radius 3 is 2.80 bits per heavy atom. The van der Waals surface area contributed by atoms with E-state index < -0.39 is 5.92 Å². The molecule has 3 aliphatic rings. The molecule has 13 heteroatoms. The molecule has 2 aliphatic heterocycles. The molecule has 3 heterocycles. The van der Waals surface area contributed by atoms with Gasteiger partial charge in [-0.1, -0.05) is 46.8 Å². The van der Waals surface area contributed by atoms with Gasteiger partial charge in [-0.3, -0.25) is 14.5 Å². The van der Waals surface area contributed by atoms with E-state index in [-0.39, 0.29) is 35.6 Å². The first-order valence-corrected chi connectivity index (χ1v) is 14.5. The lowest BCUT2D eigenvalue weighted by molar-refractivity contribution is -0.116. The maximum Gasteiger partial charge on any atom is 0.234 e. The fourth-order valence-corrected chi connectivity index (χ4v) is 6.75. The highest BCUT2D eigenvalue weighted by atomic mass is 35.5. The van der Waals surface area contributed by atoms with Crippen molar-refractivity contribution in [1.82, 2.24) is 10.2 Å². The number of aromatic nitrogens is 2. The molecule has 6 rings (SSSR count). The molecule has 0 radical (unpaired) electrons. The number of Topliss-reactive ketones (excluding diaryl/α,β-unsaturated/α-hetero) is 1. The Kier molecular flexibility index (Phi) is 7.10. The lowest BCUT2D eigenvalue weighted by atomic mass is 9.76. The van der Waals surface area contributed by atoms with E-state index in [2.05, 4.69) is 21.6 Å². The van der Waals surface area contributed by atoms with Crippen molar-refractivity contribution in [3.05, 3.63) is 75.7 Å². The predicted molar refractivity (Wildman–Crippen MR) is 151 cm³/mol. The van der Waals surface area contributed by atoms with Crippen LogP contribution in [0, 0.1) is 11.3 Å². The number of carbonyl (C=O) groups is 2. The van der Waals surface area contributed by atoms with Crippen LogP contribution in [0.5, 0.6) is 11.5 Å². The molecule has 10 nitrogen and oxygen atoms in total. The van der Waals surface area contributed by atoms with Crippen molar-refractivity contribution in [2.75, 3.05) is 22.8 Å². The van der Waals surface area contributed by atoms with Crippen molar-refractivity contribution in [2.45, 2.75) is 29.5 Å². The number of nitriles is 1. The van der Waals surface area contributed by atoms with Crippen molar-refractivity contribution in [1.29, 1.82) is 5.26 Å². The highest BCUT2D eigenvalue weighted by Crippen LogP contribution is 2.47. The number of hydrogen-bond acceptors (Lipinski definition) is 11. The highest BCUT2D eigenvalue weighted by Gasteiger charge is 2.41. The van der Waals surface area contributed by atoms with Crippen LogP contribution in [0.1, 0.15) is 30.7 Å². The van der Waals surface area contributed by atoms with E-state index in [1.54, 1.807) is 35.2 Å². The Balaban J connectivity index is 1.23. The second kappa shape index (κ2) is 10.8. The average molecular weight is 593 g/mol. The number of fused-ring (bicyclic) bond motifs is 1. The van der Waals surface area contributed by atoms with E-state index >= 15 is 0 Å². The summed E-state index contributed by atoms with van der Waals surface area (Å²) in [5.74, 6) is 0.701. The summed E-state index contributed by atoms with van der Waals surface area (Å²) in [4.78, 5) is 27.5. The second-order valence-electron chi connectivity index (χ2n) is 9.12. The summed E-state index contributed by atoms with van der Waals surface area (Å²) in [7, 11) is 0. The smallest absolute Gasteiger partial charge is 0.234 e. The van der Waals surface area contributed by atoms with Crippen LogP contribution in [0.15, 0.2) is 69.5 Å². The molecule has 2 aromatic carbocycles. The quantitative estimate of drug-likeness (QED) is 0.377. The summed E-state index contributed by atoms with van der Waals surface area (Å²) in [6, 6.07) is 14.5. The van der Waals surface area contributed by atoms with E-state index in [0.29, 0.717) is 56.5 Å². The predicted octanol–water partition coefficient (Wildman–Crippen LogP) is 4.96. The molecule has 1 amide bonds. The van der Waals surface area contributed by atoms with Crippen LogP contribution in [0.3, 0.4) is 0 Å². The molecule has 0 saturated carbocycles. The van der Waals surface area contributed by atoms with Gasteiger partial charge in [-0.05, 0) is 42.7 Å². The summed E-state index contributed by atoms with van der Waals surface area (Å²) in [5, 5.41) is 22.5. The van der Waals surface area contributed by atoms with E-state index in [1.807, 2.05) is 12.1 Å². The number of thioether (sulfide) groups is 1. The second-order valence-corrected chi connectivity index (χ2v) is 11.7. The summed E-state index contributed by atoms with van der Waals surface area (Å²) >= 11 is 8.55. The lowest BCUT2D eigenvalue weighted by Crippen LogP contribution is -2.38. The number of nitrogens with zero attached hydrogens (tertiary/aromatic N) is 4. The maximum absolute atomic E-state index is 13.2. The number of amides is 1. The first kappa shape index (κ1) is 26.2. The van der Waals surface area contributed by atoms with Crippen molar-refractivity contribution in [3.8, 4) is 17.6 Å². The van der Waals surface area contributed by atoms with Gasteiger partial charge in [0.1, 0.15) is 5.82 Å². The Hall–Kier alpha value is -4.05. The van der Waals surface area contributed by atoms with E-state index in [1.165, 1.54) is 23.1 Å². The van der Waals surface area contributed by atoms with Crippen LogP contribution < -0.4 is 25.4 Å². The molecule has 3 aromatic rings. The fraction of sp³-hybridized carbons (Fsp3) is 0.222. The zero-order chi connectivity index (χ0) is 27.8. The van der Waals surface area contributed by atoms with E-state index in [0.717, 1.165) is 11.3 Å². The normalized spacial score (nSPS) is 18.1. The van der Waals surface area contributed by atoms with Gasteiger partial charge in [-0.2, -0.15) is 5.26 Å². The van der Waals surface area contributed by atoms with E-state index in [9.17, 15) is 14.9 Å². The minimum absolute atomic E-state index is 0.0225. The number of nitrogens with one attached hydrogen (secondary N) is 1. The van der Waals surface area contributed by atoms with Crippen LogP contribution in [-0.4, -0.2) is 34.4 Å². The van der Waals surface area contributed by atoms with Gasteiger partial charge in [0, 0.05) is 34.5 Å². The lowest BCUT2D eigenvalue weighted by Gasteiger charge is -2.38. The monoisotopic (exact) mass is 592 g/mol. The number of hydrogen-bond donors (Lipinski definition) is 2. The number of allylic oxidation sites excluding steroid dienone is 3. The van der Waals surface area contributed by atoms with Gasteiger partial charge >= 0.3 is 0 Å². The van der Waals surface area contributed by atoms with Crippen LogP contribution >= 0.6 is 34.7 Å². The molecule has 0 spiro atoms. The third-order valence-electron chi connectivity index (χ3n) is 6.69. The number of ether oxygens (including phenoxy) is 2. The van der Waals surface area contributed by atoms with Gasteiger partial charge in [0.05, 0.1) is 23.3 Å². The Bertz CT molecular complexity index is 1630. The van der Waals surface area contributed by atoms with Crippen molar-refractivity contribution >= 4 is 57.2 Å². The summed E-state index contributed by atoms with van der Waals surface area (Å²) in [5.41, 5.74) is 9.50. The van der Waals surface area contributed by atoms with E-state index in [4.69, 9.17) is 26.8 Å². The number of anilines is 2. The van der Waals surface area contributed by atoms with Crippen molar-refractivity contribution in [2.24, 2.45) is 5.73 Å². The zero-order valence-electron chi connectivity index (χ0n) is 20.8. The van der Waals surface area contributed by atoms with Crippen molar-refractivity contribution in [3.63, 3.8) is 0 Å². The first-order chi connectivity index (χ1) is 19.4. The van der Waals surface area contributed by atoms with Crippen LogP contribution in [0.2, 0.25) is 5.02 Å². The molecule has 40 heavy (non-hydrogen) atoms. The molecular weight excluding hydrogens is 572 g/mol. The first-order valence-electron chi connectivity index (χ1n) is 12.3. The number of nitrogens with two attached hydrogens (primary N) is 1. The van der Waals surface area contributed by atoms with Gasteiger partial charge in [0.25, 0.3) is 0 Å². The van der Waals surface area contributed by atoms with Gasteiger partial charge in [0.2, 0.25) is 17.8 Å². The Morgan fingerprint density at radius 1 is 1.20 bits per heavy atom. The Morgan fingerprint density at radius 2 is 2.00 bits per heavy atom. The standard InChI is InChI=1S/C27H21ClN6O4S2/c28-15-6-4-14(5-7-15)23-17(11-29)25(30)34(18-2-1-3-19(35)24(18)23)26-32-33-27(40-26)39-12-22(36)31-16-8-9-20-21(10-16)38-13-37-20/h4-10,23H,1-3,12-13,30H2,(H,31,36). The van der Waals surface area contributed by atoms with Crippen molar-refractivity contribution < 1.29 is 19.1 Å². The molecule has 1 aromatic heterocycles. The summed E-state index contributed by atoms with van der Waals surface area (Å²) < 4.78 is 11.2. The minimum atomic E-state index is -0.581. The molecule has 0 bridgehead atoms. The minimum Gasteiger partial charge on any atom is -0.454 e. The van der Waals surface area contributed by atoms with Gasteiger partial charge in [-0.25, -0.2) is 0 Å². The molecule has 1 unspecified atom stereocenters. The van der Waals surface area contributed by atoms with Crippen LogP contribution in [0.25, 0.3) is 0 Å². The summed E-state index contributed by atoms with van der Waals surface area (Å²) in [6.07, 6.45) is 1.66. The highest BCUT2D eigenvalue weighted by molar-refractivity contribution is 8.01. The third kappa shape index (κ3) is 4.88. The number of rotatable bonds is 6. The molecule has 1 aliphatic carbocycles. The molecular formula is C27H21ClN6O4S2. The zero-order valence-corrected chi connectivity index (χ0v) is 23.2.